The molecule has 3 aromatic rings. The third-order valence-electron chi connectivity index (χ3n) is 4.70. The van der Waals surface area contributed by atoms with Gasteiger partial charge in [0.05, 0.1) is 18.3 Å². The van der Waals surface area contributed by atoms with Crippen LogP contribution in [0.2, 0.25) is 0 Å². The van der Waals surface area contributed by atoms with Crippen LogP contribution in [0.3, 0.4) is 0 Å². The van der Waals surface area contributed by atoms with Gasteiger partial charge in [0, 0.05) is 32.7 Å². The van der Waals surface area contributed by atoms with Crippen molar-refractivity contribution in [3.8, 4) is 0 Å². The van der Waals surface area contributed by atoms with Crippen molar-refractivity contribution < 1.29 is 13.9 Å². The zero-order chi connectivity index (χ0) is 18.1. The summed E-state index contributed by atoms with van der Waals surface area (Å²) in [5.74, 6) is -0.757. The van der Waals surface area contributed by atoms with E-state index in [0.717, 1.165) is 30.7 Å². The zero-order valence-corrected chi connectivity index (χ0v) is 14.6. The lowest BCUT2D eigenvalue weighted by Gasteiger charge is -2.19. The monoisotopic (exact) mass is 356 g/mol. The Balaban J connectivity index is 1.50. The van der Waals surface area contributed by atoms with Crippen LogP contribution in [0.4, 0.5) is 0 Å². The molecular formula is C18H20N4O4. The number of aryl methyl sites for hydroxylation is 1. The Kier molecular flexibility index (Phi) is 4.34. The maximum absolute atomic E-state index is 12.1. The summed E-state index contributed by atoms with van der Waals surface area (Å²) >= 11 is 0. The summed E-state index contributed by atoms with van der Waals surface area (Å²) in [5.41, 5.74) is 2.73. The molecule has 0 bridgehead atoms. The summed E-state index contributed by atoms with van der Waals surface area (Å²) in [5, 5.41) is 4.33. The van der Waals surface area contributed by atoms with Gasteiger partial charge in [-0.05, 0) is 24.6 Å². The minimum absolute atomic E-state index is 0.334. The Hall–Kier alpha value is -2.87. The van der Waals surface area contributed by atoms with Crippen LogP contribution in [0.15, 0.2) is 39.5 Å². The number of fused-ring (bicyclic) bond motifs is 2. The summed E-state index contributed by atoms with van der Waals surface area (Å²) in [4.78, 5) is 26.0. The van der Waals surface area contributed by atoms with Crippen molar-refractivity contribution in [2.75, 3.05) is 20.2 Å². The number of hydrogen-bond donors (Lipinski definition) is 0. The van der Waals surface area contributed by atoms with E-state index < -0.39 is 5.97 Å². The lowest BCUT2D eigenvalue weighted by molar-refractivity contribution is 0.0593. The topological polar surface area (TPSA) is 82.5 Å². The predicted molar refractivity (Wildman–Crippen MR) is 93.9 cm³/mol. The molecule has 26 heavy (non-hydrogen) atoms. The summed E-state index contributed by atoms with van der Waals surface area (Å²) in [6.45, 7) is 3.60. The molecule has 1 aliphatic rings. The second kappa shape index (κ2) is 6.80. The van der Waals surface area contributed by atoms with E-state index in [0.29, 0.717) is 30.9 Å². The van der Waals surface area contributed by atoms with Crippen LogP contribution in [0.25, 0.3) is 11.1 Å². The van der Waals surface area contributed by atoms with Gasteiger partial charge in [-0.3, -0.25) is 14.1 Å². The molecule has 136 valence electrons. The van der Waals surface area contributed by atoms with Crippen LogP contribution < -0.4 is 5.76 Å². The van der Waals surface area contributed by atoms with Gasteiger partial charge in [0.1, 0.15) is 0 Å². The standard InChI is InChI=1S/C18H20N4O4/c1-25-17(23)14-11-13-12-20(7-4-8-22(13)19-14)9-10-21-15-5-2-3-6-16(15)26-18(21)24/h2-3,5-6,11H,4,7-10,12H2,1H3. The Bertz CT molecular complexity index is 1000. The first kappa shape index (κ1) is 16.6. The van der Waals surface area contributed by atoms with E-state index >= 15 is 0 Å². The van der Waals surface area contributed by atoms with Gasteiger partial charge < -0.3 is 9.15 Å². The fourth-order valence-electron chi connectivity index (χ4n) is 3.39. The number of oxazole rings is 1. The number of para-hydroxylation sites is 2. The summed E-state index contributed by atoms with van der Waals surface area (Å²) in [6, 6.07) is 9.22. The van der Waals surface area contributed by atoms with Gasteiger partial charge in [0.25, 0.3) is 0 Å². The average Bonchev–Trinajstić information content (AvgIpc) is 3.13. The fourth-order valence-corrected chi connectivity index (χ4v) is 3.39. The molecular weight excluding hydrogens is 336 g/mol. The molecule has 0 N–H and O–H groups in total. The summed E-state index contributed by atoms with van der Waals surface area (Å²) in [7, 11) is 1.35. The highest BCUT2D eigenvalue weighted by molar-refractivity contribution is 5.87. The van der Waals surface area contributed by atoms with E-state index in [1.54, 1.807) is 16.7 Å². The van der Waals surface area contributed by atoms with Gasteiger partial charge in [-0.25, -0.2) is 9.59 Å². The zero-order valence-electron chi connectivity index (χ0n) is 14.6. The summed E-state index contributed by atoms with van der Waals surface area (Å²) in [6.07, 6.45) is 0.927. The number of rotatable bonds is 4. The Morgan fingerprint density at radius 2 is 2.12 bits per heavy atom. The van der Waals surface area contributed by atoms with Gasteiger partial charge in [0.15, 0.2) is 11.3 Å². The molecule has 8 nitrogen and oxygen atoms in total. The van der Waals surface area contributed by atoms with Crippen molar-refractivity contribution in [1.29, 1.82) is 0 Å². The van der Waals surface area contributed by atoms with Crippen LogP contribution in [0.1, 0.15) is 22.6 Å². The predicted octanol–water partition coefficient (Wildman–Crippen LogP) is 1.48. The van der Waals surface area contributed by atoms with Gasteiger partial charge in [0.2, 0.25) is 0 Å². The van der Waals surface area contributed by atoms with Crippen molar-refractivity contribution in [3.05, 3.63) is 52.3 Å². The molecule has 0 fully saturated rings. The van der Waals surface area contributed by atoms with E-state index in [4.69, 9.17) is 9.15 Å². The first-order valence-electron chi connectivity index (χ1n) is 8.61. The number of carbonyl (C=O) groups is 1. The number of benzene rings is 1. The van der Waals surface area contributed by atoms with Crippen molar-refractivity contribution >= 4 is 17.1 Å². The third-order valence-corrected chi connectivity index (χ3v) is 4.70. The van der Waals surface area contributed by atoms with Crippen molar-refractivity contribution in [2.45, 2.75) is 26.1 Å². The van der Waals surface area contributed by atoms with Gasteiger partial charge >= 0.3 is 11.7 Å². The molecule has 3 heterocycles. The minimum Gasteiger partial charge on any atom is -0.464 e. The number of ether oxygens (including phenoxy) is 1. The Morgan fingerprint density at radius 3 is 2.96 bits per heavy atom. The minimum atomic E-state index is -0.423. The Morgan fingerprint density at radius 1 is 1.27 bits per heavy atom. The molecule has 4 rings (SSSR count). The number of carbonyl (C=O) groups excluding carboxylic acids is 1. The van der Waals surface area contributed by atoms with E-state index in [1.807, 2.05) is 22.9 Å². The number of hydrogen-bond acceptors (Lipinski definition) is 6. The lowest BCUT2D eigenvalue weighted by atomic mass is 10.3. The first-order valence-corrected chi connectivity index (χ1v) is 8.61. The molecule has 0 spiro atoms. The van der Waals surface area contributed by atoms with E-state index in [9.17, 15) is 9.59 Å². The SMILES string of the molecule is COC(=O)c1cc2n(n1)CCCN(CCn1c(=O)oc3ccccc31)C2. The largest absolute Gasteiger partial charge is 0.464 e. The highest BCUT2D eigenvalue weighted by Crippen LogP contribution is 2.16. The smallest absolute Gasteiger partial charge is 0.419 e. The average molecular weight is 356 g/mol. The van der Waals surface area contributed by atoms with Crippen LogP contribution in [-0.4, -0.2) is 45.4 Å². The van der Waals surface area contributed by atoms with Crippen molar-refractivity contribution in [1.82, 2.24) is 19.2 Å². The van der Waals surface area contributed by atoms with Crippen LogP contribution in [0, 0.1) is 0 Å². The quantitative estimate of drug-likeness (QED) is 0.659. The molecule has 1 aliphatic heterocycles. The van der Waals surface area contributed by atoms with E-state index in [1.165, 1.54) is 7.11 Å². The number of aromatic nitrogens is 3. The van der Waals surface area contributed by atoms with Crippen molar-refractivity contribution in [3.63, 3.8) is 0 Å². The maximum atomic E-state index is 12.1. The molecule has 0 amide bonds. The molecule has 0 radical (unpaired) electrons. The van der Waals surface area contributed by atoms with Gasteiger partial charge in [-0.15, -0.1) is 0 Å². The van der Waals surface area contributed by atoms with Crippen molar-refractivity contribution in [2.24, 2.45) is 0 Å². The summed E-state index contributed by atoms with van der Waals surface area (Å²) < 4.78 is 13.6. The molecule has 1 aromatic carbocycles. The number of esters is 1. The lowest BCUT2D eigenvalue weighted by Crippen LogP contribution is -2.29. The first-order chi connectivity index (χ1) is 12.7. The van der Waals surface area contributed by atoms with E-state index in [-0.39, 0.29) is 5.76 Å². The maximum Gasteiger partial charge on any atom is 0.419 e. The third kappa shape index (κ3) is 3.03. The molecule has 0 saturated carbocycles. The molecule has 0 atom stereocenters. The molecule has 2 aromatic heterocycles. The van der Waals surface area contributed by atoms with E-state index in [2.05, 4.69) is 10.00 Å². The van der Waals surface area contributed by atoms with Crippen LogP contribution >= 0.6 is 0 Å². The second-order valence-electron chi connectivity index (χ2n) is 6.35. The Labute approximate surface area is 149 Å². The number of nitrogens with zero attached hydrogens (tertiary/aromatic N) is 4. The molecule has 0 saturated heterocycles. The van der Waals surface area contributed by atoms with Crippen LogP contribution in [-0.2, 0) is 24.4 Å². The van der Waals surface area contributed by atoms with Gasteiger partial charge in [-0.2, -0.15) is 5.10 Å². The number of methoxy groups -OCH3 is 1. The highest BCUT2D eigenvalue weighted by atomic mass is 16.5. The highest BCUT2D eigenvalue weighted by Gasteiger charge is 2.20. The molecule has 0 unspecified atom stereocenters. The van der Waals surface area contributed by atoms with Crippen LogP contribution in [0.5, 0.6) is 0 Å². The second-order valence-corrected chi connectivity index (χ2v) is 6.35. The molecule has 0 aliphatic carbocycles. The fraction of sp³-hybridized carbons (Fsp3) is 0.389. The normalized spacial score (nSPS) is 15.0. The van der Waals surface area contributed by atoms with Gasteiger partial charge in [-0.1, -0.05) is 12.1 Å². The molecule has 8 heteroatoms.